The highest BCUT2D eigenvalue weighted by molar-refractivity contribution is 5.85. The summed E-state index contributed by atoms with van der Waals surface area (Å²) in [6, 6.07) is 0.501. The van der Waals surface area contributed by atoms with Gasteiger partial charge in [0.2, 0.25) is 5.91 Å². The second-order valence-corrected chi connectivity index (χ2v) is 5.30. The van der Waals surface area contributed by atoms with Gasteiger partial charge in [-0.25, -0.2) is 0 Å². The summed E-state index contributed by atoms with van der Waals surface area (Å²) in [4.78, 5) is 14.4. The van der Waals surface area contributed by atoms with E-state index in [-0.39, 0.29) is 18.3 Å². The molecule has 0 aromatic rings. The third-order valence-corrected chi connectivity index (χ3v) is 3.69. The van der Waals surface area contributed by atoms with Crippen LogP contribution in [0.2, 0.25) is 0 Å². The fourth-order valence-electron chi connectivity index (χ4n) is 2.59. The van der Waals surface area contributed by atoms with Crippen LogP contribution in [0.4, 0.5) is 0 Å². The number of likely N-dealkylation sites (N-methyl/N-ethyl adjacent to an activating group) is 1. The van der Waals surface area contributed by atoms with Crippen LogP contribution in [0.25, 0.3) is 0 Å². The summed E-state index contributed by atoms with van der Waals surface area (Å²) in [6.45, 7) is 9.00. The lowest BCUT2D eigenvalue weighted by Crippen LogP contribution is -2.53. The van der Waals surface area contributed by atoms with Gasteiger partial charge in [-0.15, -0.1) is 12.4 Å². The molecule has 0 aromatic carbocycles. The largest absolute Gasteiger partial charge is 0.353 e. The summed E-state index contributed by atoms with van der Waals surface area (Å²) >= 11 is 0. The molecule has 108 valence electrons. The SMILES string of the molecule is CCCC(C)(N)C(=O)NCC1CCCN1CC.Cl. The number of nitrogens with zero attached hydrogens (tertiary/aromatic N) is 1. The Labute approximate surface area is 117 Å². The van der Waals surface area contributed by atoms with Gasteiger partial charge < -0.3 is 11.1 Å². The predicted molar refractivity (Wildman–Crippen MR) is 78.0 cm³/mol. The van der Waals surface area contributed by atoms with Gasteiger partial charge in [-0.1, -0.05) is 20.3 Å². The number of carbonyl (C=O) groups excluding carboxylic acids is 1. The van der Waals surface area contributed by atoms with Crippen LogP contribution in [-0.4, -0.2) is 42.0 Å². The number of hydrogen-bond donors (Lipinski definition) is 2. The first kappa shape index (κ1) is 17.7. The third kappa shape index (κ3) is 4.75. The molecule has 1 rings (SSSR count). The number of hydrogen-bond acceptors (Lipinski definition) is 3. The van der Waals surface area contributed by atoms with Gasteiger partial charge in [0.15, 0.2) is 0 Å². The van der Waals surface area contributed by atoms with Crippen molar-refractivity contribution in [3.63, 3.8) is 0 Å². The molecule has 18 heavy (non-hydrogen) atoms. The van der Waals surface area contributed by atoms with Gasteiger partial charge >= 0.3 is 0 Å². The molecule has 0 radical (unpaired) electrons. The topological polar surface area (TPSA) is 58.4 Å². The van der Waals surface area contributed by atoms with Crippen molar-refractivity contribution in [3.05, 3.63) is 0 Å². The highest BCUT2D eigenvalue weighted by atomic mass is 35.5. The smallest absolute Gasteiger partial charge is 0.239 e. The van der Waals surface area contributed by atoms with E-state index >= 15 is 0 Å². The minimum Gasteiger partial charge on any atom is -0.353 e. The molecular formula is C13H28ClN3O. The van der Waals surface area contributed by atoms with E-state index in [1.54, 1.807) is 0 Å². The first-order valence-electron chi connectivity index (χ1n) is 6.82. The Kier molecular flexibility index (Phi) is 7.83. The Morgan fingerprint density at radius 1 is 1.50 bits per heavy atom. The lowest BCUT2D eigenvalue weighted by atomic mass is 9.96. The van der Waals surface area contributed by atoms with E-state index in [0.29, 0.717) is 6.04 Å². The fourth-order valence-corrected chi connectivity index (χ4v) is 2.59. The van der Waals surface area contributed by atoms with E-state index in [0.717, 1.165) is 32.5 Å². The molecule has 1 aliphatic heterocycles. The molecule has 0 bridgehead atoms. The Balaban J connectivity index is 0.00000289. The molecule has 3 N–H and O–H groups in total. The van der Waals surface area contributed by atoms with Crippen molar-refractivity contribution < 1.29 is 4.79 Å². The fraction of sp³-hybridized carbons (Fsp3) is 0.923. The van der Waals surface area contributed by atoms with Crippen LogP contribution in [-0.2, 0) is 4.79 Å². The van der Waals surface area contributed by atoms with E-state index in [4.69, 9.17) is 5.73 Å². The zero-order chi connectivity index (χ0) is 12.9. The molecule has 5 heteroatoms. The van der Waals surface area contributed by atoms with E-state index in [2.05, 4.69) is 17.1 Å². The third-order valence-electron chi connectivity index (χ3n) is 3.69. The lowest BCUT2D eigenvalue weighted by Gasteiger charge is -2.27. The average molecular weight is 278 g/mol. The maximum atomic E-state index is 12.0. The van der Waals surface area contributed by atoms with E-state index < -0.39 is 5.54 Å². The number of likely N-dealkylation sites (tertiary alicyclic amines) is 1. The van der Waals surface area contributed by atoms with E-state index in [1.165, 1.54) is 12.8 Å². The summed E-state index contributed by atoms with van der Waals surface area (Å²) in [7, 11) is 0. The quantitative estimate of drug-likeness (QED) is 0.774. The number of nitrogens with two attached hydrogens (primary N) is 1. The van der Waals surface area contributed by atoms with Gasteiger partial charge in [-0.3, -0.25) is 9.69 Å². The van der Waals surface area contributed by atoms with Crippen LogP contribution in [0.1, 0.15) is 46.5 Å². The maximum absolute atomic E-state index is 12.0. The minimum atomic E-state index is -0.718. The molecule has 0 aromatic heterocycles. The molecule has 1 amide bonds. The number of amides is 1. The summed E-state index contributed by atoms with van der Waals surface area (Å²) in [5.74, 6) is -0.0118. The highest BCUT2D eigenvalue weighted by Gasteiger charge is 2.29. The van der Waals surface area contributed by atoms with Crippen LogP contribution < -0.4 is 11.1 Å². The second kappa shape index (κ2) is 7.97. The summed E-state index contributed by atoms with van der Waals surface area (Å²) < 4.78 is 0. The average Bonchev–Trinajstić information content (AvgIpc) is 2.72. The van der Waals surface area contributed by atoms with Crippen molar-refractivity contribution in [2.45, 2.75) is 58.0 Å². The summed E-state index contributed by atoms with van der Waals surface area (Å²) in [5, 5.41) is 3.01. The molecular weight excluding hydrogens is 250 g/mol. The molecule has 1 saturated heterocycles. The summed E-state index contributed by atoms with van der Waals surface area (Å²) in [5.41, 5.74) is 5.28. The molecule has 1 aliphatic rings. The van der Waals surface area contributed by atoms with Gasteiger partial charge in [0.25, 0.3) is 0 Å². The Morgan fingerprint density at radius 3 is 2.72 bits per heavy atom. The van der Waals surface area contributed by atoms with Crippen molar-refractivity contribution in [1.82, 2.24) is 10.2 Å². The second-order valence-electron chi connectivity index (χ2n) is 5.30. The molecule has 4 nitrogen and oxygen atoms in total. The normalized spacial score (nSPS) is 23.2. The zero-order valence-electron chi connectivity index (χ0n) is 11.9. The first-order chi connectivity index (χ1) is 8.01. The number of rotatable bonds is 6. The zero-order valence-corrected chi connectivity index (χ0v) is 12.7. The van der Waals surface area contributed by atoms with Crippen molar-refractivity contribution in [1.29, 1.82) is 0 Å². The van der Waals surface area contributed by atoms with Crippen LogP contribution in [0.3, 0.4) is 0 Å². The molecule has 0 aliphatic carbocycles. The minimum absolute atomic E-state index is 0. The molecule has 2 unspecified atom stereocenters. The van der Waals surface area contributed by atoms with Crippen molar-refractivity contribution in [2.75, 3.05) is 19.6 Å². The molecule has 2 atom stereocenters. The van der Waals surface area contributed by atoms with E-state index in [9.17, 15) is 4.79 Å². The van der Waals surface area contributed by atoms with Crippen LogP contribution in [0.15, 0.2) is 0 Å². The number of halogens is 1. The Hall–Kier alpha value is -0.320. The number of carbonyl (C=O) groups is 1. The molecule has 1 heterocycles. The van der Waals surface area contributed by atoms with Crippen molar-refractivity contribution >= 4 is 18.3 Å². The van der Waals surface area contributed by atoms with E-state index in [1.807, 2.05) is 13.8 Å². The van der Waals surface area contributed by atoms with Crippen LogP contribution >= 0.6 is 12.4 Å². The Morgan fingerprint density at radius 2 is 2.17 bits per heavy atom. The molecule has 1 fully saturated rings. The molecule has 0 spiro atoms. The number of nitrogens with one attached hydrogen (secondary N) is 1. The van der Waals surface area contributed by atoms with Gasteiger partial charge in [0.05, 0.1) is 5.54 Å². The predicted octanol–water partition coefficient (Wildman–Crippen LogP) is 1.53. The summed E-state index contributed by atoms with van der Waals surface area (Å²) in [6.07, 6.45) is 4.10. The standard InChI is InChI=1S/C13H27N3O.ClH/c1-4-8-13(3,14)12(17)15-10-11-7-6-9-16(11)5-2;/h11H,4-10,14H2,1-3H3,(H,15,17);1H. The monoisotopic (exact) mass is 277 g/mol. The molecule has 0 saturated carbocycles. The van der Waals surface area contributed by atoms with Crippen LogP contribution in [0, 0.1) is 0 Å². The van der Waals surface area contributed by atoms with Gasteiger partial charge in [0.1, 0.15) is 0 Å². The first-order valence-corrected chi connectivity index (χ1v) is 6.82. The van der Waals surface area contributed by atoms with Crippen molar-refractivity contribution in [2.24, 2.45) is 5.73 Å². The van der Waals surface area contributed by atoms with Gasteiger partial charge in [-0.05, 0) is 39.3 Å². The Bertz CT molecular complexity index is 259. The van der Waals surface area contributed by atoms with Crippen LogP contribution in [0.5, 0.6) is 0 Å². The highest BCUT2D eigenvalue weighted by Crippen LogP contribution is 2.16. The van der Waals surface area contributed by atoms with Gasteiger partial charge in [0, 0.05) is 12.6 Å². The van der Waals surface area contributed by atoms with Gasteiger partial charge in [-0.2, -0.15) is 0 Å². The van der Waals surface area contributed by atoms with Crippen molar-refractivity contribution in [3.8, 4) is 0 Å². The lowest BCUT2D eigenvalue weighted by molar-refractivity contribution is -0.126. The maximum Gasteiger partial charge on any atom is 0.239 e.